The number of anilines is 3. The summed E-state index contributed by atoms with van der Waals surface area (Å²) >= 11 is 5.93. The number of carbonyl (C=O) groups is 3. The summed E-state index contributed by atoms with van der Waals surface area (Å²) in [7, 11) is 0. The number of aromatic nitrogens is 1. The topological polar surface area (TPSA) is 128 Å². The molecule has 0 saturated heterocycles. The van der Waals surface area contributed by atoms with E-state index in [1.54, 1.807) is 37.4 Å². The smallest absolute Gasteiger partial charge is 0.346 e. The molecule has 1 aromatic heterocycles. The lowest BCUT2D eigenvalue weighted by Gasteiger charge is -2.25. The van der Waals surface area contributed by atoms with Crippen LogP contribution in [-0.2, 0) is 14.4 Å². The predicted octanol–water partition coefficient (Wildman–Crippen LogP) is 6.60. The van der Waals surface area contributed by atoms with Gasteiger partial charge < -0.3 is 16.0 Å². The van der Waals surface area contributed by atoms with Gasteiger partial charge in [-0.1, -0.05) is 42.3 Å². The van der Waals surface area contributed by atoms with Crippen molar-refractivity contribution in [3.05, 3.63) is 71.3 Å². The van der Waals surface area contributed by atoms with Crippen LogP contribution in [0, 0.1) is 11.7 Å². The van der Waals surface area contributed by atoms with Crippen LogP contribution in [0.5, 0.6) is 0 Å². The lowest BCUT2D eigenvalue weighted by molar-refractivity contribution is -0.167. The molecule has 3 amide bonds. The van der Waals surface area contributed by atoms with E-state index in [0.717, 1.165) is 0 Å². The molecule has 3 heterocycles. The second kappa shape index (κ2) is 12.8. The number of hydrogen-bond donors (Lipinski definition) is 3. The van der Waals surface area contributed by atoms with Crippen molar-refractivity contribution in [2.45, 2.75) is 57.4 Å². The molecule has 0 saturated carbocycles. The molecule has 4 atom stereocenters. The van der Waals surface area contributed by atoms with Crippen molar-refractivity contribution in [1.29, 1.82) is 0 Å². The first-order valence-corrected chi connectivity index (χ1v) is 14.4. The molecule has 0 fully saturated rings. The van der Waals surface area contributed by atoms with Crippen molar-refractivity contribution in [2.75, 3.05) is 15.6 Å². The fourth-order valence-electron chi connectivity index (χ4n) is 5.18. The third kappa shape index (κ3) is 6.90. The molecule has 0 spiro atoms. The van der Waals surface area contributed by atoms with E-state index in [1.165, 1.54) is 41.5 Å². The van der Waals surface area contributed by atoms with Gasteiger partial charge in [0.1, 0.15) is 0 Å². The Labute approximate surface area is 260 Å². The van der Waals surface area contributed by atoms with E-state index < -0.39 is 47.9 Å². The SMILES string of the molecule is CC1CCCC(NC(=O)C2N=NN(c3cccc(Cl)c3F)C2C)c2cc(ccn2)-c2ccc(NC(=O)C(F)(F)F)cc2NC1=O. The number of nitrogens with one attached hydrogen (secondary N) is 3. The van der Waals surface area contributed by atoms with Crippen molar-refractivity contribution in [3.63, 3.8) is 0 Å². The monoisotopic (exact) mass is 645 g/mol. The second-order valence-corrected chi connectivity index (χ2v) is 11.3. The normalized spacial score (nSPS) is 21.7. The molecule has 0 aliphatic carbocycles. The number of benzene rings is 2. The Hall–Kier alpha value is -4.59. The van der Waals surface area contributed by atoms with Gasteiger partial charge >= 0.3 is 12.1 Å². The highest BCUT2D eigenvalue weighted by atomic mass is 35.5. The summed E-state index contributed by atoms with van der Waals surface area (Å²) in [6.07, 6.45) is -2.19. The van der Waals surface area contributed by atoms with Crippen molar-refractivity contribution >= 4 is 46.4 Å². The van der Waals surface area contributed by atoms with Crippen LogP contribution in [0.2, 0.25) is 5.02 Å². The fraction of sp³-hybridized carbons (Fsp3) is 0.333. The number of pyridine rings is 1. The van der Waals surface area contributed by atoms with E-state index in [9.17, 15) is 31.9 Å². The van der Waals surface area contributed by atoms with Crippen LogP contribution in [-0.4, -0.2) is 41.0 Å². The van der Waals surface area contributed by atoms with Gasteiger partial charge in [-0.25, -0.2) is 9.40 Å². The highest BCUT2D eigenvalue weighted by Crippen LogP contribution is 2.35. The third-order valence-corrected chi connectivity index (χ3v) is 7.99. The molecule has 0 radical (unpaired) electrons. The van der Waals surface area contributed by atoms with Crippen LogP contribution in [0.1, 0.15) is 44.8 Å². The van der Waals surface area contributed by atoms with Gasteiger partial charge in [0.2, 0.25) is 11.8 Å². The van der Waals surface area contributed by atoms with Crippen molar-refractivity contribution in [2.24, 2.45) is 16.3 Å². The third-order valence-electron chi connectivity index (χ3n) is 7.70. The van der Waals surface area contributed by atoms with Crippen LogP contribution in [0.4, 0.5) is 34.6 Å². The summed E-state index contributed by atoms with van der Waals surface area (Å²) in [5, 5.41) is 16.9. The Morgan fingerprint density at radius 1 is 1.09 bits per heavy atom. The summed E-state index contributed by atoms with van der Waals surface area (Å²) in [6.45, 7) is 3.40. The molecule has 4 unspecified atom stereocenters. The minimum atomic E-state index is -5.09. The van der Waals surface area contributed by atoms with Crippen LogP contribution >= 0.6 is 11.6 Å². The van der Waals surface area contributed by atoms with Crippen LogP contribution in [0.25, 0.3) is 11.1 Å². The Balaban J connectivity index is 1.42. The van der Waals surface area contributed by atoms with E-state index in [2.05, 4.69) is 26.0 Å². The molecule has 10 nitrogen and oxygen atoms in total. The first-order valence-electron chi connectivity index (χ1n) is 14.1. The van der Waals surface area contributed by atoms with Gasteiger partial charge in [-0.15, -0.1) is 0 Å². The lowest BCUT2D eigenvalue weighted by atomic mass is 9.95. The number of carbonyl (C=O) groups excluding carboxylic acids is 3. The largest absolute Gasteiger partial charge is 0.471 e. The zero-order valence-corrected chi connectivity index (χ0v) is 24.8. The number of fused-ring (bicyclic) bond motifs is 4. The Kier molecular flexibility index (Phi) is 9.05. The van der Waals surface area contributed by atoms with Crippen LogP contribution in [0.3, 0.4) is 0 Å². The highest BCUT2D eigenvalue weighted by molar-refractivity contribution is 6.31. The lowest BCUT2D eigenvalue weighted by Crippen LogP contribution is -2.44. The van der Waals surface area contributed by atoms with Gasteiger partial charge in [-0.2, -0.15) is 18.3 Å². The quantitative estimate of drug-likeness (QED) is 0.276. The Morgan fingerprint density at radius 3 is 2.62 bits per heavy atom. The molecule has 2 bridgehead atoms. The zero-order valence-electron chi connectivity index (χ0n) is 24.0. The molecule has 3 aromatic rings. The highest BCUT2D eigenvalue weighted by Gasteiger charge is 2.39. The van der Waals surface area contributed by atoms with Gasteiger partial charge in [0.25, 0.3) is 0 Å². The maximum absolute atomic E-state index is 14.7. The number of halogens is 5. The van der Waals surface area contributed by atoms with Gasteiger partial charge in [-0.05, 0) is 61.7 Å². The maximum Gasteiger partial charge on any atom is 0.471 e. The summed E-state index contributed by atoms with van der Waals surface area (Å²) in [5.74, 6) is -4.13. The van der Waals surface area contributed by atoms with Crippen molar-refractivity contribution in [1.82, 2.24) is 10.3 Å². The Bertz CT molecular complexity index is 1670. The van der Waals surface area contributed by atoms with Crippen molar-refractivity contribution < 1.29 is 31.9 Å². The minimum absolute atomic E-state index is 0.0847. The standard InChI is InChI=1S/C30H28ClF4N7O3/c1-15-5-3-7-21(38-28(44)26-16(2)42(41-40-26)24-8-4-6-20(31)25(24)32)23-13-17(11-12-36-23)19-10-9-18(14-22(19)39-27(15)43)37-29(45)30(33,34)35/h4,6,8-16,21,26H,3,5,7H2,1-2H3,(H,37,45)(H,38,44)(H,39,43). The zero-order chi connectivity index (χ0) is 32.5. The number of rotatable bonds is 4. The van der Waals surface area contributed by atoms with E-state index in [4.69, 9.17) is 11.6 Å². The number of alkyl halides is 3. The fourth-order valence-corrected chi connectivity index (χ4v) is 5.35. The molecular formula is C30H28ClF4N7O3. The molecule has 2 aliphatic heterocycles. The number of hydrogen-bond acceptors (Lipinski definition) is 7. The second-order valence-electron chi connectivity index (χ2n) is 10.9. The minimum Gasteiger partial charge on any atom is -0.346 e. The van der Waals surface area contributed by atoms with E-state index in [-0.39, 0.29) is 28.0 Å². The first kappa shape index (κ1) is 31.8. The summed E-state index contributed by atoms with van der Waals surface area (Å²) in [4.78, 5) is 42.6. The molecule has 15 heteroatoms. The van der Waals surface area contributed by atoms with Gasteiger partial charge in [0.15, 0.2) is 11.9 Å². The molecular weight excluding hydrogens is 618 g/mol. The summed E-state index contributed by atoms with van der Waals surface area (Å²) < 4.78 is 53.2. The van der Waals surface area contributed by atoms with E-state index in [1.807, 2.05) is 0 Å². The number of amides is 3. The van der Waals surface area contributed by atoms with E-state index >= 15 is 0 Å². The molecule has 2 aliphatic rings. The Morgan fingerprint density at radius 2 is 1.87 bits per heavy atom. The predicted molar refractivity (Wildman–Crippen MR) is 159 cm³/mol. The van der Waals surface area contributed by atoms with Crippen molar-refractivity contribution in [3.8, 4) is 11.1 Å². The summed E-state index contributed by atoms with van der Waals surface area (Å²) in [6, 6.07) is 9.66. The average Bonchev–Trinajstić information content (AvgIpc) is 3.38. The molecule has 3 N–H and O–H groups in total. The van der Waals surface area contributed by atoms with Crippen LogP contribution < -0.4 is 21.0 Å². The van der Waals surface area contributed by atoms with Gasteiger partial charge in [0.05, 0.1) is 34.2 Å². The van der Waals surface area contributed by atoms with Gasteiger partial charge in [-0.3, -0.25) is 19.4 Å². The molecule has 2 aromatic carbocycles. The molecule has 45 heavy (non-hydrogen) atoms. The molecule has 236 valence electrons. The number of nitrogens with zero attached hydrogens (tertiary/aromatic N) is 4. The van der Waals surface area contributed by atoms with Gasteiger partial charge in [0, 0.05) is 23.4 Å². The maximum atomic E-state index is 14.7. The van der Waals surface area contributed by atoms with Crippen LogP contribution in [0.15, 0.2) is 65.1 Å². The first-order chi connectivity index (χ1) is 21.3. The summed E-state index contributed by atoms with van der Waals surface area (Å²) in [5.41, 5.74) is 1.66. The average molecular weight is 646 g/mol. The molecule has 5 rings (SSSR count). The van der Waals surface area contributed by atoms with E-state index in [0.29, 0.717) is 36.1 Å².